The van der Waals surface area contributed by atoms with Crippen molar-refractivity contribution in [3.8, 4) is 0 Å². The highest BCUT2D eigenvalue weighted by molar-refractivity contribution is 6.03. The minimum atomic E-state index is -0.397. The molecule has 8 heteroatoms. The lowest BCUT2D eigenvalue weighted by atomic mass is 10.1. The average molecular weight is 345 g/mol. The van der Waals surface area contributed by atoms with Crippen molar-refractivity contribution in [2.75, 3.05) is 5.32 Å². The van der Waals surface area contributed by atoms with Gasteiger partial charge in [0.25, 0.3) is 11.8 Å². The van der Waals surface area contributed by atoms with Crippen LogP contribution in [0.25, 0.3) is 0 Å². The Balaban J connectivity index is 1.91. The van der Waals surface area contributed by atoms with Crippen molar-refractivity contribution in [1.29, 1.82) is 0 Å². The molecule has 0 spiro atoms. The number of hydrogen-bond acceptors (Lipinski definition) is 5. The first-order valence-corrected chi connectivity index (χ1v) is 8.41. The molecule has 0 unspecified atom stereocenters. The fourth-order valence-corrected chi connectivity index (χ4v) is 2.90. The van der Waals surface area contributed by atoms with Gasteiger partial charge in [-0.25, -0.2) is 4.98 Å². The second kappa shape index (κ2) is 6.34. The number of aryl methyl sites for hydroxylation is 1. The quantitative estimate of drug-likeness (QED) is 0.888. The van der Waals surface area contributed by atoms with Crippen molar-refractivity contribution in [3.63, 3.8) is 0 Å². The largest absolute Gasteiger partial charge is 0.360 e. The highest BCUT2D eigenvalue weighted by atomic mass is 16.5. The molecular weight excluding hydrogens is 322 g/mol. The number of aromatic nitrogens is 3. The number of nitrogens with one attached hydrogen (secondary N) is 2. The van der Waals surface area contributed by atoms with Crippen LogP contribution in [-0.4, -0.2) is 32.1 Å². The molecule has 2 aromatic heterocycles. The van der Waals surface area contributed by atoms with Crippen LogP contribution in [0.1, 0.15) is 66.2 Å². The lowest BCUT2D eigenvalue weighted by Crippen LogP contribution is -2.41. The Morgan fingerprint density at radius 2 is 2.00 bits per heavy atom. The van der Waals surface area contributed by atoms with Crippen LogP contribution in [-0.2, 0) is 13.0 Å². The van der Waals surface area contributed by atoms with E-state index >= 15 is 0 Å². The lowest BCUT2D eigenvalue weighted by molar-refractivity contribution is 0.0913. The van der Waals surface area contributed by atoms with Gasteiger partial charge >= 0.3 is 0 Å². The Kier molecular flexibility index (Phi) is 4.36. The van der Waals surface area contributed by atoms with E-state index in [9.17, 15) is 9.59 Å². The van der Waals surface area contributed by atoms with Gasteiger partial charge in [0.1, 0.15) is 11.5 Å². The van der Waals surface area contributed by atoms with E-state index in [1.165, 1.54) is 0 Å². The van der Waals surface area contributed by atoms with E-state index in [1.807, 2.05) is 25.3 Å². The predicted octanol–water partition coefficient (Wildman–Crippen LogP) is 2.30. The van der Waals surface area contributed by atoms with Gasteiger partial charge in [0, 0.05) is 18.2 Å². The standard InChI is InChI=1S/C17H23N5O3/c1-10-9-12(21-25-10)18-16(24)14-19-13(15(23)20-17(2,3)4)11-7-5-6-8-22(11)14/h9H,5-8H2,1-4H3,(H,20,23)(H,18,21,24). The summed E-state index contributed by atoms with van der Waals surface area (Å²) in [7, 11) is 0. The first-order chi connectivity index (χ1) is 11.7. The molecule has 1 aliphatic heterocycles. The Hall–Kier alpha value is -2.64. The van der Waals surface area contributed by atoms with E-state index in [1.54, 1.807) is 13.0 Å². The molecule has 0 saturated carbocycles. The fourth-order valence-electron chi connectivity index (χ4n) is 2.90. The maximum atomic E-state index is 12.6. The van der Waals surface area contributed by atoms with Crippen LogP contribution in [0.15, 0.2) is 10.6 Å². The summed E-state index contributed by atoms with van der Waals surface area (Å²) in [5.74, 6) is 0.511. The molecule has 0 atom stereocenters. The lowest BCUT2D eigenvalue weighted by Gasteiger charge is -2.21. The smallest absolute Gasteiger partial charge is 0.292 e. The van der Waals surface area contributed by atoms with Crippen LogP contribution in [0.2, 0.25) is 0 Å². The zero-order valence-corrected chi connectivity index (χ0v) is 15.0. The van der Waals surface area contributed by atoms with Gasteiger partial charge in [-0.05, 0) is 47.0 Å². The molecule has 2 amide bonds. The van der Waals surface area contributed by atoms with Gasteiger partial charge in [0.15, 0.2) is 11.6 Å². The zero-order chi connectivity index (χ0) is 18.2. The zero-order valence-electron chi connectivity index (χ0n) is 15.0. The van der Waals surface area contributed by atoms with Crippen LogP contribution in [0.3, 0.4) is 0 Å². The van der Waals surface area contributed by atoms with E-state index in [2.05, 4.69) is 20.8 Å². The molecule has 0 aliphatic carbocycles. The summed E-state index contributed by atoms with van der Waals surface area (Å²) in [6.07, 6.45) is 2.66. The highest BCUT2D eigenvalue weighted by Gasteiger charge is 2.29. The number of hydrogen-bond donors (Lipinski definition) is 2. The molecule has 0 radical (unpaired) electrons. The molecule has 2 aromatic rings. The molecule has 3 rings (SSSR count). The van der Waals surface area contributed by atoms with E-state index in [0.717, 1.165) is 25.0 Å². The molecule has 0 aromatic carbocycles. The number of rotatable bonds is 3. The maximum absolute atomic E-state index is 12.6. The van der Waals surface area contributed by atoms with Crippen LogP contribution in [0, 0.1) is 6.92 Å². The second-order valence-corrected chi connectivity index (χ2v) is 7.32. The topological polar surface area (TPSA) is 102 Å². The van der Waals surface area contributed by atoms with E-state index < -0.39 is 5.91 Å². The Labute approximate surface area is 146 Å². The van der Waals surface area contributed by atoms with Crippen LogP contribution in [0.5, 0.6) is 0 Å². The Bertz CT molecular complexity index is 813. The molecule has 0 fully saturated rings. The highest BCUT2D eigenvalue weighted by Crippen LogP contribution is 2.22. The summed E-state index contributed by atoms with van der Waals surface area (Å²) in [6, 6.07) is 1.63. The number of nitrogens with zero attached hydrogens (tertiary/aromatic N) is 3. The number of carbonyl (C=O) groups excluding carboxylic acids is 2. The van der Waals surface area contributed by atoms with Crippen molar-refractivity contribution in [2.45, 2.75) is 59.0 Å². The molecule has 0 bridgehead atoms. The van der Waals surface area contributed by atoms with Crippen molar-refractivity contribution in [3.05, 3.63) is 29.0 Å². The monoisotopic (exact) mass is 345 g/mol. The summed E-state index contributed by atoms with van der Waals surface area (Å²) in [5.41, 5.74) is 0.772. The van der Waals surface area contributed by atoms with E-state index in [0.29, 0.717) is 23.8 Å². The summed E-state index contributed by atoms with van der Waals surface area (Å²) in [4.78, 5) is 29.6. The normalized spacial score (nSPS) is 14.1. The SMILES string of the molecule is Cc1cc(NC(=O)c2nc(C(=O)NC(C)(C)C)c3n2CCCC3)no1. The van der Waals surface area contributed by atoms with Crippen molar-refractivity contribution < 1.29 is 14.1 Å². The maximum Gasteiger partial charge on any atom is 0.292 e. The van der Waals surface area contributed by atoms with Gasteiger partial charge in [-0.2, -0.15) is 0 Å². The van der Waals surface area contributed by atoms with E-state index in [4.69, 9.17) is 4.52 Å². The summed E-state index contributed by atoms with van der Waals surface area (Å²) in [5, 5.41) is 9.35. The molecule has 25 heavy (non-hydrogen) atoms. The van der Waals surface area contributed by atoms with Crippen LogP contribution in [0.4, 0.5) is 5.82 Å². The molecule has 0 saturated heterocycles. The molecule has 2 N–H and O–H groups in total. The number of anilines is 1. The minimum Gasteiger partial charge on any atom is -0.360 e. The Morgan fingerprint density at radius 3 is 2.64 bits per heavy atom. The van der Waals surface area contributed by atoms with E-state index in [-0.39, 0.29) is 17.3 Å². The molecule has 1 aliphatic rings. The van der Waals surface area contributed by atoms with Crippen molar-refractivity contribution >= 4 is 17.6 Å². The second-order valence-electron chi connectivity index (χ2n) is 7.32. The van der Waals surface area contributed by atoms with Gasteiger partial charge in [-0.3, -0.25) is 9.59 Å². The molecule has 8 nitrogen and oxygen atoms in total. The Morgan fingerprint density at radius 1 is 1.24 bits per heavy atom. The number of carbonyl (C=O) groups is 2. The third-order valence-electron chi connectivity index (χ3n) is 3.89. The minimum absolute atomic E-state index is 0.231. The van der Waals surface area contributed by atoms with Crippen molar-refractivity contribution in [2.24, 2.45) is 0 Å². The number of fused-ring (bicyclic) bond motifs is 1. The summed E-state index contributed by atoms with van der Waals surface area (Å²) in [6.45, 7) is 8.15. The summed E-state index contributed by atoms with van der Waals surface area (Å²) < 4.78 is 6.79. The summed E-state index contributed by atoms with van der Waals surface area (Å²) >= 11 is 0. The van der Waals surface area contributed by atoms with Crippen LogP contribution < -0.4 is 10.6 Å². The molecule has 3 heterocycles. The van der Waals surface area contributed by atoms with Gasteiger partial charge in [0.2, 0.25) is 0 Å². The third-order valence-corrected chi connectivity index (χ3v) is 3.89. The first kappa shape index (κ1) is 17.2. The number of amides is 2. The van der Waals surface area contributed by atoms with Crippen LogP contribution >= 0.6 is 0 Å². The van der Waals surface area contributed by atoms with Gasteiger partial charge in [-0.15, -0.1) is 0 Å². The molecule has 134 valence electrons. The number of imidazole rings is 1. The first-order valence-electron chi connectivity index (χ1n) is 8.41. The van der Waals surface area contributed by atoms with Crippen molar-refractivity contribution in [1.82, 2.24) is 20.0 Å². The predicted molar refractivity (Wildman–Crippen MR) is 91.6 cm³/mol. The van der Waals surface area contributed by atoms with Gasteiger partial charge in [-0.1, -0.05) is 5.16 Å². The van der Waals surface area contributed by atoms with Gasteiger partial charge in [0.05, 0.1) is 5.69 Å². The average Bonchev–Trinajstić information content (AvgIpc) is 3.09. The third kappa shape index (κ3) is 3.72. The molecular formula is C17H23N5O3. The fraction of sp³-hybridized carbons (Fsp3) is 0.529. The van der Waals surface area contributed by atoms with Gasteiger partial charge < -0.3 is 19.7 Å².